The van der Waals surface area contributed by atoms with Gasteiger partial charge in [0.05, 0.1) is 6.21 Å². The lowest BCUT2D eigenvalue weighted by molar-refractivity contribution is -0.123. The van der Waals surface area contributed by atoms with Gasteiger partial charge in [0, 0.05) is 5.56 Å². The summed E-state index contributed by atoms with van der Waals surface area (Å²) in [5, 5.41) is 8.67. The molecule has 4 rings (SSSR count). The van der Waals surface area contributed by atoms with Crippen molar-refractivity contribution in [1.29, 1.82) is 0 Å². The second-order valence-corrected chi connectivity index (χ2v) is 7.51. The normalized spacial score (nSPS) is 11.4. The van der Waals surface area contributed by atoms with E-state index in [-0.39, 0.29) is 12.5 Å². The summed E-state index contributed by atoms with van der Waals surface area (Å²) in [5.74, 6) is 0.753. The van der Waals surface area contributed by atoms with Crippen LogP contribution in [0.1, 0.15) is 30.9 Å². The zero-order valence-corrected chi connectivity index (χ0v) is 17.1. The van der Waals surface area contributed by atoms with Crippen LogP contribution in [-0.4, -0.2) is 18.7 Å². The van der Waals surface area contributed by atoms with E-state index in [2.05, 4.69) is 54.7 Å². The Kier molecular flexibility index (Phi) is 5.75. The number of fused-ring (bicyclic) bond motifs is 2. The quantitative estimate of drug-likeness (QED) is 0.260. The van der Waals surface area contributed by atoms with Crippen LogP contribution in [0.3, 0.4) is 0 Å². The van der Waals surface area contributed by atoms with Crippen molar-refractivity contribution in [3.05, 3.63) is 90.0 Å². The fraction of sp³-hybridized carbons (Fsp3) is 0.154. The van der Waals surface area contributed by atoms with Gasteiger partial charge in [0.25, 0.3) is 5.91 Å². The first-order valence-electron chi connectivity index (χ1n) is 10.1. The highest BCUT2D eigenvalue weighted by Gasteiger charge is 2.09. The third-order valence-corrected chi connectivity index (χ3v) is 5.10. The van der Waals surface area contributed by atoms with Gasteiger partial charge < -0.3 is 4.74 Å². The smallest absolute Gasteiger partial charge is 0.277 e. The minimum atomic E-state index is -0.297. The average Bonchev–Trinajstić information content (AvgIpc) is 2.77. The molecule has 0 spiro atoms. The third kappa shape index (κ3) is 4.18. The van der Waals surface area contributed by atoms with E-state index >= 15 is 0 Å². The van der Waals surface area contributed by atoms with Crippen molar-refractivity contribution in [3.8, 4) is 5.75 Å². The number of rotatable bonds is 6. The summed E-state index contributed by atoms with van der Waals surface area (Å²) in [7, 11) is 0. The second-order valence-electron chi connectivity index (χ2n) is 7.51. The molecule has 0 atom stereocenters. The van der Waals surface area contributed by atoms with E-state index in [9.17, 15) is 4.79 Å². The zero-order valence-electron chi connectivity index (χ0n) is 17.1. The SMILES string of the molecule is CC(C)c1ccccc1OCC(=O)N/N=C/c1c2ccccc2cc2ccccc12. The maximum atomic E-state index is 12.3. The molecule has 4 aromatic rings. The first kappa shape index (κ1) is 19.6. The molecule has 0 fully saturated rings. The molecule has 0 aliphatic carbocycles. The van der Waals surface area contributed by atoms with Crippen molar-refractivity contribution in [3.63, 3.8) is 0 Å². The Morgan fingerprint density at radius 1 is 0.933 bits per heavy atom. The molecule has 4 nitrogen and oxygen atoms in total. The number of hydrogen-bond donors (Lipinski definition) is 1. The molecule has 1 amide bonds. The predicted octanol–water partition coefficient (Wildman–Crippen LogP) is 5.65. The topological polar surface area (TPSA) is 50.7 Å². The van der Waals surface area contributed by atoms with Crippen LogP contribution in [0.4, 0.5) is 0 Å². The maximum Gasteiger partial charge on any atom is 0.277 e. The Morgan fingerprint density at radius 3 is 2.20 bits per heavy atom. The molecule has 0 aliphatic heterocycles. The van der Waals surface area contributed by atoms with Crippen LogP contribution in [0, 0.1) is 0 Å². The summed E-state index contributed by atoms with van der Waals surface area (Å²) in [5.41, 5.74) is 4.65. The molecule has 0 unspecified atom stereocenters. The van der Waals surface area contributed by atoms with Crippen LogP contribution in [0.5, 0.6) is 5.75 Å². The zero-order chi connectivity index (χ0) is 20.9. The Bertz CT molecular complexity index is 1170. The van der Waals surface area contributed by atoms with Crippen LogP contribution >= 0.6 is 0 Å². The van der Waals surface area contributed by atoms with Gasteiger partial charge >= 0.3 is 0 Å². The van der Waals surface area contributed by atoms with Crippen LogP contribution in [0.25, 0.3) is 21.5 Å². The summed E-state index contributed by atoms with van der Waals surface area (Å²) in [6, 6.07) is 26.3. The van der Waals surface area contributed by atoms with Gasteiger partial charge in [-0.2, -0.15) is 5.10 Å². The number of ether oxygens (including phenoxy) is 1. The van der Waals surface area contributed by atoms with E-state index in [1.54, 1.807) is 6.21 Å². The molecule has 0 radical (unpaired) electrons. The summed E-state index contributed by atoms with van der Waals surface area (Å²) in [6.07, 6.45) is 1.71. The summed E-state index contributed by atoms with van der Waals surface area (Å²) in [4.78, 5) is 12.3. The monoisotopic (exact) mass is 396 g/mol. The van der Waals surface area contributed by atoms with E-state index < -0.39 is 0 Å². The highest BCUT2D eigenvalue weighted by atomic mass is 16.5. The molecule has 0 heterocycles. The number of nitrogens with zero attached hydrogens (tertiary/aromatic N) is 1. The first-order valence-corrected chi connectivity index (χ1v) is 10.1. The molecule has 150 valence electrons. The van der Waals surface area contributed by atoms with Gasteiger partial charge in [0.1, 0.15) is 5.75 Å². The van der Waals surface area contributed by atoms with Crippen molar-refractivity contribution in [2.24, 2.45) is 5.10 Å². The highest BCUT2D eigenvalue weighted by Crippen LogP contribution is 2.27. The molecular formula is C26H24N2O2. The van der Waals surface area contributed by atoms with E-state index in [0.717, 1.165) is 38.4 Å². The van der Waals surface area contributed by atoms with Gasteiger partial charge in [-0.1, -0.05) is 80.6 Å². The lowest BCUT2D eigenvalue weighted by Crippen LogP contribution is -2.25. The van der Waals surface area contributed by atoms with Crippen LogP contribution < -0.4 is 10.2 Å². The highest BCUT2D eigenvalue weighted by molar-refractivity contribution is 6.13. The van der Waals surface area contributed by atoms with Gasteiger partial charge in [-0.05, 0) is 45.2 Å². The molecule has 30 heavy (non-hydrogen) atoms. The number of carbonyl (C=O) groups excluding carboxylic acids is 1. The Balaban J connectivity index is 1.51. The molecule has 0 saturated carbocycles. The second kappa shape index (κ2) is 8.78. The van der Waals surface area contributed by atoms with Gasteiger partial charge in [0.15, 0.2) is 6.61 Å². The summed E-state index contributed by atoms with van der Waals surface area (Å²) in [6.45, 7) is 4.11. The fourth-order valence-electron chi connectivity index (χ4n) is 3.62. The van der Waals surface area contributed by atoms with Gasteiger partial charge in [0.2, 0.25) is 0 Å². The third-order valence-electron chi connectivity index (χ3n) is 5.10. The average molecular weight is 396 g/mol. The van der Waals surface area contributed by atoms with Crippen LogP contribution in [-0.2, 0) is 4.79 Å². The number of para-hydroxylation sites is 1. The molecule has 0 saturated heterocycles. The van der Waals surface area contributed by atoms with E-state index in [4.69, 9.17) is 4.74 Å². The Hall–Kier alpha value is -3.66. The maximum absolute atomic E-state index is 12.3. The van der Waals surface area contributed by atoms with Crippen molar-refractivity contribution in [2.45, 2.75) is 19.8 Å². The van der Waals surface area contributed by atoms with Gasteiger partial charge in [-0.15, -0.1) is 0 Å². The predicted molar refractivity (Wildman–Crippen MR) is 123 cm³/mol. The minimum absolute atomic E-state index is 0.0860. The van der Waals surface area contributed by atoms with E-state index in [0.29, 0.717) is 5.92 Å². The minimum Gasteiger partial charge on any atom is -0.483 e. The number of carbonyl (C=O) groups is 1. The molecule has 1 N–H and O–H groups in total. The fourth-order valence-corrected chi connectivity index (χ4v) is 3.62. The van der Waals surface area contributed by atoms with Crippen molar-refractivity contribution < 1.29 is 9.53 Å². The summed E-state index contributed by atoms with van der Waals surface area (Å²) >= 11 is 0. The lowest BCUT2D eigenvalue weighted by atomic mass is 9.97. The Labute approximate surface area is 176 Å². The largest absolute Gasteiger partial charge is 0.483 e. The molecular weight excluding hydrogens is 372 g/mol. The van der Waals surface area contributed by atoms with Crippen molar-refractivity contribution in [1.82, 2.24) is 5.43 Å². The number of nitrogens with one attached hydrogen (secondary N) is 1. The molecule has 0 aliphatic rings. The van der Waals surface area contributed by atoms with Crippen LogP contribution in [0.15, 0.2) is 84.0 Å². The standard InChI is InChI=1S/C26H24N2O2/c1-18(2)21-11-7-8-14-25(21)30-17-26(29)28-27-16-24-22-12-5-3-9-19(22)15-20-10-4-6-13-23(20)24/h3-16,18H,17H2,1-2H3,(H,28,29)/b27-16+. The molecule has 0 aromatic heterocycles. The van der Waals surface area contributed by atoms with Crippen LogP contribution in [0.2, 0.25) is 0 Å². The number of hydrogen-bond acceptors (Lipinski definition) is 3. The van der Waals surface area contributed by atoms with Gasteiger partial charge in [-0.25, -0.2) is 5.43 Å². The molecule has 0 bridgehead atoms. The number of benzene rings is 4. The van der Waals surface area contributed by atoms with Gasteiger partial charge in [-0.3, -0.25) is 4.79 Å². The number of amides is 1. The first-order chi connectivity index (χ1) is 14.6. The molecule has 4 heteroatoms. The Morgan fingerprint density at radius 2 is 1.53 bits per heavy atom. The van der Waals surface area contributed by atoms with E-state index in [1.807, 2.05) is 48.5 Å². The van der Waals surface area contributed by atoms with E-state index in [1.165, 1.54) is 0 Å². The van der Waals surface area contributed by atoms with Crippen molar-refractivity contribution >= 4 is 33.7 Å². The molecule has 4 aromatic carbocycles. The van der Waals surface area contributed by atoms with Crippen molar-refractivity contribution in [2.75, 3.05) is 6.61 Å². The number of hydrazone groups is 1. The lowest BCUT2D eigenvalue weighted by Gasteiger charge is -2.13. The summed E-state index contributed by atoms with van der Waals surface area (Å²) < 4.78 is 5.72.